The Kier molecular flexibility index (Phi) is 5.02. The number of hydrogen-bond donors (Lipinski definition) is 0. The molecule has 3 aromatic rings. The molecule has 27 heavy (non-hydrogen) atoms. The highest BCUT2D eigenvalue weighted by atomic mass is 16.2. The molecular weight excluding hydrogens is 332 g/mol. The van der Waals surface area contributed by atoms with Crippen molar-refractivity contribution in [1.82, 2.24) is 9.47 Å². The molecule has 0 N–H and O–H groups in total. The van der Waals surface area contributed by atoms with Crippen LogP contribution >= 0.6 is 0 Å². The quantitative estimate of drug-likeness (QED) is 0.620. The van der Waals surface area contributed by atoms with Gasteiger partial charge in [-0.1, -0.05) is 48.0 Å². The molecule has 1 aliphatic heterocycles. The highest BCUT2D eigenvalue weighted by molar-refractivity contribution is 5.86. The fourth-order valence-corrected chi connectivity index (χ4v) is 4.29. The smallest absolute Gasteiger partial charge is 0.223 e. The van der Waals surface area contributed by atoms with E-state index in [0.717, 1.165) is 32.5 Å². The molecule has 1 aliphatic rings. The highest BCUT2D eigenvalue weighted by Gasteiger charge is 2.26. The van der Waals surface area contributed by atoms with Crippen molar-refractivity contribution in [2.45, 2.75) is 45.6 Å². The van der Waals surface area contributed by atoms with Gasteiger partial charge in [-0.05, 0) is 43.9 Å². The largest absolute Gasteiger partial charge is 0.347 e. The monoisotopic (exact) mass is 360 g/mol. The molecule has 1 saturated heterocycles. The first kappa shape index (κ1) is 17.8. The maximum Gasteiger partial charge on any atom is 0.223 e. The Morgan fingerprint density at radius 2 is 1.74 bits per heavy atom. The van der Waals surface area contributed by atoms with Gasteiger partial charge in [0.05, 0.1) is 0 Å². The minimum Gasteiger partial charge on any atom is -0.347 e. The van der Waals surface area contributed by atoms with E-state index < -0.39 is 0 Å². The Balaban J connectivity index is 1.78. The zero-order valence-electron chi connectivity index (χ0n) is 16.3. The third-order valence-electron chi connectivity index (χ3n) is 5.85. The summed E-state index contributed by atoms with van der Waals surface area (Å²) in [4.78, 5) is 15.0. The van der Waals surface area contributed by atoms with E-state index in [1.165, 1.54) is 27.6 Å². The zero-order chi connectivity index (χ0) is 18.8. The van der Waals surface area contributed by atoms with E-state index in [1.54, 1.807) is 0 Å². The number of rotatable bonds is 5. The van der Waals surface area contributed by atoms with Crippen molar-refractivity contribution in [1.29, 1.82) is 0 Å². The van der Waals surface area contributed by atoms with E-state index in [9.17, 15) is 4.79 Å². The van der Waals surface area contributed by atoms with Gasteiger partial charge in [0.25, 0.3) is 0 Å². The molecule has 1 amide bonds. The van der Waals surface area contributed by atoms with Crippen LogP contribution in [-0.4, -0.2) is 28.5 Å². The Morgan fingerprint density at radius 3 is 2.44 bits per heavy atom. The summed E-state index contributed by atoms with van der Waals surface area (Å²) in [6.07, 6.45) is 5.07. The van der Waals surface area contributed by atoms with Crippen LogP contribution in [0.4, 0.5) is 0 Å². The average Bonchev–Trinajstić information content (AvgIpc) is 3.35. The Labute approximate surface area is 161 Å². The molecular formula is C24H28N2O. The molecule has 3 heteroatoms. The SMILES string of the molecule is CCn1cc([C@@H](CC(=O)N2CCCC2)c2ccc(C)cc2)c2ccccc21. The molecule has 0 radical (unpaired) electrons. The van der Waals surface area contributed by atoms with Gasteiger partial charge < -0.3 is 9.47 Å². The Hall–Kier alpha value is -2.55. The third-order valence-corrected chi connectivity index (χ3v) is 5.85. The van der Waals surface area contributed by atoms with E-state index >= 15 is 0 Å². The van der Waals surface area contributed by atoms with Crippen molar-refractivity contribution < 1.29 is 4.79 Å². The van der Waals surface area contributed by atoms with E-state index in [-0.39, 0.29) is 11.8 Å². The normalized spacial score (nSPS) is 15.4. The van der Waals surface area contributed by atoms with E-state index in [1.807, 2.05) is 4.90 Å². The number of aromatic nitrogens is 1. The lowest BCUT2D eigenvalue weighted by Gasteiger charge is -2.21. The predicted molar refractivity (Wildman–Crippen MR) is 111 cm³/mol. The lowest BCUT2D eigenvalue weighted by Crippen LogP contribution is -2.29. The summed E-state index contributed by atoms with van der Waals surface area (Å²) in [5.41, 5.74) is 5.00. The lowest BCUT2D eigenvalue weighted by molar-refractivity contribution is -0.130. The first-order valence-corrected chi connectivity index (χ1v) is 10.1. The molecule has 4 rings (SSSR count). The van der Waals surface area contributed by atoms with Crippen LogP contribution in [0.25, 0.3) is 10.9 Å². The summed E-state index contributed by atoms with van der Waals surface area (Å²) in [6.45, 7) is 7.04. The van der Waals surface area contributed by atoms with Crippen LogP contribution < -0.4 is 0 Å². The van der Waals surface area contributed by atoms with Crippen molar-refractivity contribution in [3.63, 3.8) is 0 Å². The minimum atomic E-state index is 0.0939. The van der Waals surface area contributed by atoms with Crippen molar-refractivity contribution in [3.8, 4) is 0 Å². The molecule has 1 aromatic heterocycles. The average molecular weight is 361 g/mol. The Bertz CT molecular complexity index is 933. The second-order valence-electron chi connectivity index (χ2n) is 7.64. The van der Waals surface area contributed by atoms with Gasteiger partial charge in [-0.2, -0.15) is 0 Å². The molecule has 0 spiro atoms. The molecule has 140 valence electrons. The molecule has 3 nitrogen and oxygen atoms in total. The second-order valence-corrected chi connectivity index (χ2v) is 7.64. The minimum absolute atomic E-state index is 0.0939. The van der Waals surface area contributed by atoms with Gasteiger partial charge >= 0.3 is 0 Å². The van der Waals surface area contributed by atoms with Gasteiger partial charge in [0.1, 0.15) is 0 Å². The number of likely N-dealkylation sites (tertiary alicyclic amines) is 1. The van der Waals surface area contributed by atoms with Crippen LogP contribution in [-0.2, 0) is 11.3 Å². The van der Waals surface area contributed by atoms with Crippen LogP contribution in [0.3, 0.4) is 0 Å². The molecule has 0 bridgehead atoms. The van der Waals surface area contributed by atoms with Gasteiger partial charge in [-0.3, -0.25) is 4.79 Å². The molecule has 1 fully saturated rings. The van der Waals surface area contributed by atoms with Crippen LogP contribution in [0.1, 0.15) is 48.8 Å². The van der Waals surface area contributed by atoms with Crippen molar-refractivity contribution in [2.24, 2.45) is 0 Å². The summed E-state index contributed by atoms with van der Waals surface area (Å²) < 4.78 is 2.30. The fraction of sp³-hybridized carbons (Fsp3) is 0.375. The summed E-state index contributed by atoms with van der Waals surface area (Å²) in [7, 11) is 0. The van der Waals surface area contributed by atoms with Crippen molar-refractivity contribution in [3.05, 3.63) is 71.4 Å². The summed E-state index contributed by atoms with van der Waals surface area (Å²) >= 11 is 0. The maximum atomic E-state index is 13.0. The molecule has 0 saturated carbocycles. The number of carbonyl (C=O) groups is 1. The highest BCUT2D eigenvalue weighted by Crippen LogP contribution is 2.35. The van der Waals surface area contributed by atoms with Gasteiger partial charge in [-0.15, -0.1) is 0 Å². The molecule has 2 aromatic carbocycles. The summed E-state index contributed by atoms with van der Waals surface area (Å²) in [6, 6.07) is 17.2. The second kappa shape index (κ2) is 7.59. The maximum absolute atomic E-state index is 13.0. The van der Waals surface area contributed by atoms with Gasteiger partial charge in [0.2, 0.25) is 5.91 Å². The number of aryl methyl sites for hydroxylation is 2. The van der Waals surface area contributed by atoms with Crippen LogP contribution in [0.5, 0.6) is 0 Å². The molecule has 0 aliphatic carbocycles. The number of hydrogen-bond acceptors (Lipinski definition) is 1. The summed E-state index contributed by atoms with van der Waals surface area (Å²) in [5.74, 6) is 0.378. The molecule has 2 heterocycles. The number of benzene rings is 2. The van der Waals surface area contributed by atoms with Gasteiger partial charge in [0, 0.05) is 49.1 Å². The molecule has 0 unspecified atom stereocenters. The van der Waals surface area contributed by atoms with Gasteiger partial charge in [0.15, 0.2) is 0 Å². The summed E-state index contributed by atoms with van der Waals surface area (Å²) in [5, 5.41) is 1.26. The fourth-order valence-electron chi connectivity index (χ4n) is 4.29. The van der Waals surface area contributed by atoms with Crippen molar-refractivity contribution >= 4 is 16.8 Å². The van der Waals surface area contributed by atoms with Crippen LogP contribution in [0.15, 0.2) is 54.7 Å². The molecule has 1 atom stereocenters. The first-order valence-electron chi connectivity index (χ1n) is 10.1. The number of para-hydroxylation sites is 1. The zero-order valence-corrected chi connectivity index (χ0v) is 16.3. The topological polar surface area (TPSA) is 25.2 Å². The van der Waals surface area contributed by atoms with Crippen LogP contribution in [0.2, 0.25) is 0 Å². The lowest BCUT2D eigenvalue weighted by atomic mass is 9.87. The standard InChI is InChI=1S/C24H28N2O/c1-3-25-17-22(20-8-4-5-9-23(20)25)21(19-12-10-18(2)11-13-19)16-24(27)26-14-6-7-15-26/h4-5,8-13,17,21H,3,6-7,14-16H2,1-2H3/t21-/m0/s1. The van der Waals surface area contributed by atoms with E-state index in [0.29, 0.717) is 6.42 Å². The van der Waals surface area contributed by atoms with Crippen molar-refractivity contribution in [2.75, 3.05) is 13.1 Å². The van der Waals surface area contributed by atoms with Gasteiger partial charge in [-0.25, -0.2) is 0 Å². The van der Waals surface area contributed by atoms with E-state index in [4.69, 9.17) is 0 Å². The van der Waals surface area contributed by atoms with Crippen LogP contribution in [0, 0.1) is 6.92 Å². The number of fused-ring (bicyclic) bond motifs is 1. The third kappa shape index (κ3) is 3.51. The number of amides is 1. The number of nitrogens with zero attached hydrogens (tertiary/aromatic N) is 2. The first-order chi connectivity index (χ1) is 13.2. The number of carbonyl (C=O) groups excluding carboxylic acids is 1. The van der Waals surface area contributed by atoms with E-state index in [2.05, 4.69) is 73.1 Å². The Morgan fingerprint density at radius 1 is 1.04 bits per heavy atom. The predicted octanol–water partition coefficient (Wildman–Crippen LogP) is 5.11.